The number of carbonyl (C=O) groups is 2. The molecule has 2 rings (SSSR count). The van der Waals surface area contributed by atoms with Crippen LogP contribution in [0.25, 0.3) is 0 Å². The smallest absolute Gasteiger partial charge is 0.251 e. The van der Waals surface area contributed by atoms with E-state index in [0.29, 0.717) is 29.4 Å². The summed E-state index contributed by atoms with van der Waals surface area (Å²) in [6.07, 6.45) is 0.928. The Morgan fingerprint density at radius 3 is 2.39 bits per heavy atom. The van der Waals surface area contributed by atoms with Crippen LogP contribution in [0.3, 0.4) is 0 Å². The van der Waals surface area contributed by atoms with Gasteiger partial charge in [0, 0.05) is 11.3 Å². The lowest BCUT2D eigenvalue weighted by atomic mass is 10.2. The number of hydrogen-bond donors (Lipinski definition) is 2. The third-order valence-corrected chi connectivity index (χ3v) is 4.00. The van der Waals surface area contributed by atoms with E-state index in [9.17, 15) is 9.59 Å². The van der Waals surface area contributed by atoms with E-state index in [1.165, 1.54) is 14.2 Å². The zero-order valence-electron chi connectivity index (χ0n) is 16.6. The fourth-order valence-corrected chi connectivity index (χ4v) is 2.52. The first-order chi connectivity index (χ1) is 13.5. The minimum atomic E-state index is -0.379. The molecule has 0 aliphatic rings. The molecule has 150 valence electrons. The molecule has 7 heteroatoms. The second-order valence-electron chi connectivity index (χ2n) is 6.13. The van der Waals surface area contributed by atoms with Gasteiger partial charge in [0.2, 0.25) is 5.91 Å². The minimum absolute atomic E-state index is 0.152. The van der Waals surface area contributed by atoms with Crippen LogP contribution in [0.15, 0.2) is 36.4 Å². The van der Waals surface area contributed by atoms with Crippen molar-refractivity contribution >= 4 is 17.5 Å². The fourth-order valence-electron chi connectivity index (χ4n) is 2.52. The highest BCUT2D eigenvalue weighted by Gasteiger charge is 2.12. The number of benzene rings is 2. The van der Waals surface area contributed by atoms with E-state index < -0.39 is 0 Å². The van der Waals surface area contributed by atoms with E-state index in [0.717, 1.165) is 17.7 Å². The molecule has 2 amide bonds. The summed E-state index contributed by atoms with van der Waals surface area (Å²) in [6.45, 7) is 4.42. The fraction of sp³-hybridized carbons (Fsp3) is 0.333. The van der Waals surface area contributed by atoms with Crippen molar-refractivity contribution in [2.24, 2.45) is 0 Å². The van der Waals surface area contributed by atoms with Gasteiger partial charge in [0.15, 0.2) is 11.5 Å². The maximum absolute atomic E-state index is 12.3. The van der Waals surface area contributed by atoms with Gasteiger partial charge in [0.1, 0.15) is 5.75 Å². The van der Waals surface area contributed by atoms with Gasteiger partial charge in [-0.25, -0.2) is 0 Å². The standard InChI is InChI=1S/C21H26N2O5/c1-5-10-28-16-7-8-17(14(2)11-16)23-20(24)13-22-21(25)15-6-9-18(26-3)19(12-15)27-4/h6-9,11-12H,5,10,13H2,1-4H3,(H,22,25)(H,23,24). The first-order valence-electron chi connectivity index (χ1n) is 9.02. The molecule has 0 saturated carbocycles. The molecule has 0 aliphatic carbocycles. The molecule has 0 radical (unpaired) electrons. The third kappa shape index (κ3) is 5.64. The van der Waals surface area contributed by atoms with Crippen LogP contribution in [0.2, 0.25) is 0 Å². The minimum Gasteiger partial charge on any atom is -0.494 e. The van der Waals surface area contributed by atoms with E-state index in [-0.39, 0.29) is 18.4 Å². The van der Waals surface area contributed by atoms with Crippen LogP contribution in [-0.2, 0) is 4.79 Å². The van der Waals surface area contributed by atoms with Crippen molar-refractivity contribution in [1.82, 2.24) is 5.32 Å². The molecule has 0 saturated heterocycles. The maximum atomic E-state index is 12.3. The molecule has 0 heterocycles. The topological polar surface area (TPSA) is 85.9 Å². The van der Waals surface area contributed by atoms with Crippen molar-refractivity contribution in [2.45, 2.75) is 20.3 Å². The number of amides is 2. The second kappa shape index (κ2) is 10.2. The number of ether oxygens (including phenoxy) is 3. The molecular weight excluding hydrogens is 360 g/mol. The van der Waals surface area contributed by atoms with E-state index in [2.05, 4.69) is 10.6 Å². The van der Waals surface area contributed by atoms with E-state index >= 15 is 0 Å². The largest absolute Gasteiger partial charge is 0.494 e. The highest BCUT2D eigenvalue weighted by molar-refractivity contribution is 5.99. The number of methoxy groups -OCH3 is 2. The van der Waals surface area contributed by atoms with Crippen molar-refractivity contribution < 1.29 is 23.8 Å². The summed E-state index contributed by atoms with van der Waals surface area (Å²) in [5.74, 6) is 1.04. The number of nitrogens with one attached hydrogen (secondary N) is 2. The Morgan fingerprint density at radius 2 is 1.75 bits per heavy atom. The average molecular weight is 386 g/mol. The van der Waals surface area contributed by atoms with Crippen molar-refractivity contribution in [3.8, 4) is 17.2 Å². The van der Waals surface area contributed by atoms with Crippen LogP contribution in [0.4, 0.5) is 5.69 Å². The summed E-state index contributed by atoms with van der Waals surface area (Å²) in [5.41, 5.74) is 1.93. The van der Waals surface area contributed by atoms with Gasteiger partial charge in [-0.3, -0.25) is 9.59 Å². The summed E-state index contributed by atoms with van der Waals surface area (Å²) in [6, 6.07) is 10.3. The summed E-state index contributed by atoms with van der Waals surface area (Å²) >= 11 is 0. The molecule has 0 bridgehead atoms. The Labute approximate surface area is 165 Å². The Hall–Kier alpha value is -3.22. The van der Waals surface area contributed by atoms with Gasteiger partial charge in [0.05, 0.1) is 27.4 Å². The summed E-state index contributed by atoms with van der Waals surface area (Å²) in [7, 11) is 3.01. The van der Waals surface area contributed by atoms with E-state index in [1.807, 2.05) is 19.9 Å². The Balaban J connectivity index is 1.92. The number of hydrogen-bond acceptors (Lipinski definition) is 5. The Morgan fingerprint density at radius 1 is 1.00 bits per heavy atom. The van der Waals surface area contributed by atoms with Crippen LogP contribution >= 0.6 is 0 Å². The molecule has 2 aromatic rings. The van der Waals surface area contributed by atoms with Crippen LogP contribution in [0.5, 0.6) is 17.2 Å². The lowest BCUT2D eigenvalue weighted by Crippen LogP contribution is -2.33. The summed E-state index contributed by atoms with van der Waals surface area (Å²) < 4.78 is 15.9. The average Bonchev–Trinajstić information content (AvgIpc) is 2.71. The van der Waals surface area contributed by atoms with Gasteiger partial charge in [-0.2, -0.15) is 0 Å². The molecule has 2 N–H and O–H groups in total. The third-order valence-electron chi connectivity index (χ3n) is 4.00. The molecule has 0 atom stereocenters. The summed E-state index contributed by atoms with van der Waals surface area (Å²) in [5, 5.41) is 5.38. The molecule has 28 heavy (non-hydrogen) atoms. The Kier molecular flexibility index (Phi) is 7.68. The van der Waals surface area contributed by atoms with Crippen molar-refractivity contribution in [2.75, 3.05) is 32.7 Å². The van der Waals surface area contributed by atoms with Crippen LogP contribution < -0.4 is 24.8 Å². The highest BCUT2D eigenvalue weighted by atomic mass is 16.5. The summed E-state index contributed by atoms with van der Waals surface area (Å²) in [4.78, 5) is 24.5. The monoisotopic (exact) mass is 386 g/mol. The van der Waals surface area contributed by atoms with Crippen LogP contribution in [0, 0.1) is 6.92 Å². The van der Waals surface area contributed by atoms with Gasteiger partial charge in [-0.15, -0.1) is 0 Å². The van der Waals surface area contributed by atoms with Gasteiger partial charge < -0.3 is 24.8 Å². The molecule has 2 aromatic carbocycles. The number of anilines is 1. The zero-order chi connectivity index (χ0) is 20.5. The number of aryl methyl sites for hydroxylation is 1. The zero-order valence-corrected chi connectivity index (χ0v) is 16.6. The molecule has 0 unspecified atom stereocenters. The van der Waals surface area contributed by atoms with Gasteiger partial charge in [-0.1, -0.05) is 6.92 Å². The van der Waals surface area contributed by atoms with Crippen LogP contribution in [0.1, 0.15) is 29.3 Å². The molecule has 0 fully saturated rings. The highest BCUT2D eigenvalue weighted by Crippen LogP contribution is 2.27. The van der Waals surface area contributed by atoms with Crippen molar-refractivity contribution in [3.63, 3.8) is 0 Å². The van der Waals surface area contributed by atoms with Crippen molar-refractivity contribution in [1.29, 1.82) is 0 Å². The molecule has 0 aromatic heterocycles. The SMILES string of the molecule is CCCOc1ccc(NC(=O)CNC(=O)c2ccc(OC)c(OC)c2)c(C)c1. The molecule has 0 spiro atoms. The lowest BCUT2D eigenvalue weighted by molar-refractivity contribution is -0.115. The molecule has 7 nitrogen and oxygen atoms in total. The molecular formula is C21H26N2O5. The van der Waals surface area contributed by atoms with Crippen LogP contribution in [-0.4, -0.2) is 39.2 Å². The van der Waals surface area contributed by atoms with Gasteiger partial charge in [0.25, 0.3) is 5.91 Å². The maximum Gasteiger partial charge on any atom is 0.251 e. The van der Waals surface area contributed by atoms with Gasteiger partial charge >= 0.3 is 0 Å². The quantitative estimate of drug-likeness (QED) is 0.691. The van der Waals surface area contributed by atoms with E-state index in [1.54, 1.807) is 30.3 Å². The normalized spacial score (nSPS) is 10.1. The van der Waals surface area contributed by atoms with Gasteiger partial charge in [-0.05, 0) is 55.3 Å². The van der Waals surface area contributed by atoms with E-state index in [4.69, 9.17) is 14.2 Å². The predicted molar refractivity (Wildman–Crippen MR) is 107 cm³/mol. The first kappa shape index (κ1) is 21.1. The lowest BCUT2D eigenvalue weighted by Gasteiger charge is -2.12. The Bertz CT molecular complexity index is 836. The number of carbonyl (C=O) groups excluding carboxylic acids is 2. The first-order valence-corrected chi connectivity index (χ1v) is 9.02. The van der Waals surface area contributed by atoms with Crippen molar-refractivity contribution in [3.05, 3.63) is 47.5 Å². The number of rotatable bonds is 9. The second-order valence-corrected chi connectivity index (χ2v) is 6.13. The predicted octanol–water partition coefficient (Wildman–Crippen LogP) is 3.17. The molecule has 0 aliphatic heterocycles.